The largest absolute Gasteiger partial charge is 0.352 e. The van der Waals surface area contributed by atoms with Gasteiger partial charge >= 0.3 is 0 Å². The first kappa shape index (κ1) is 20.4. The molecule has 0 bridgehead atoms. The molecule has 8 heteroatoms. The second-order valence-electron chi connectivity index (χ2n) is 4.49. The van der Waals surface area contributed by atoms with Gasteiger partial charge in [0.2, 0.25) is 5.91 Å². The highest BCUT2D eigenvalue weighted by Crippen LogP contribution is 2.07. The number of halogens is 2. The average molecular weight is 346 g/mol. The Labute approximate surface area is 142 Å². The molecule has 2 aromatic rings. The normalized spacial score (nSPS) is 9.50. The maximum absolute atomic E-state index is 11.6. The summed E-state index contributed by atoms with van der Waals surface area (Å²) >= 11 is 0. The van der Waals surface area contributed by atoms with Crippen LogP contribution in [0.15, 0.2) is 36.9 Å². The summed E-state index contributed by atoms with van der Waals surface area (Å²) in [6.07, 6.45) is 4.56. The Morgan fingerprint density at radius 2 is 1.95 bits per heavy atom. The SMILES string of the molecule is CNCCCC(=O)NCc1ccc(-n2cncn2)cc1.Cl.Cl. The Hall–Kier alpha value is -1.63. The lowest BCUT2D eigenvalue weighted by atomic mass is 10.2. The first-order chi connectivity index (χ1) is 9.79. The number of hydrogen-bond acceptors (Lipinski definition) is 4. The van der Waals surface area contributed by atoms with Gasteiger partial charge in [-0.25, -0.2) is 9.67 Å². The Morgan fingerprint density at radius 1 is 1.23 bits per heavy atom. The van der Waals surface area contributed by atoms with Gasteiger partial charge in [0.25, 0.3) is 0 Å². The molecular formula is C14H21Cl2N5O. The first-order valence-corrected chi connectivity index (χ1v) is 6.65. The molecule has 22 heavy (non-hydrogen) atoms. The topological polar surface area (TPSA) is 71.8 Å². The molecule has 0 spiro atoms. The predicted molar refractivity (Wildman–Crippen MR) is 90.9 cm³/mol. The Bertz CT molecular complexity index is 531. The zero-order chi connectivity index (χ0) is 14.2. The molecule has 0 aliphatic carbocycles. The van der Waals surface area contributed by atoms with Crippen molar-refractivity contribution in [3.8, 4) is 5.69 Å². The quantitative estimate of drug-likeness (QED) is 0.749. The van der Waals surface area contributed by atoms with Crippen molar-refractivity contribution < 1.29 is 4.79 Å². The van der Waals surface area contributed by atoms with Crippen molar-refractivity contribution >= 4 is 30.7 Å². The summed E-state index contributed by atoms with van der Waals surface area (Å²) in [5.74, 6) is 0.0839. The molecule has 2 rings (SSSR count). The number of amides is 1. The number of nitrogens with zero attached hydrogens (tertiary/aromatic N) is 3. The van der Waals surface area contributed by atoms with E-state index in [9.17, 15) is 4.79 Å². The van der Waals surface area contributed by atoms with Gasteiger partial charge in [-0.3, -0.25) is 4.79 Å². The summed E-state index contributed by atoms with van der Waals surface area (Å²) in [6.45, 7) is 1.41. The predicted octanol–water partition coefficient (Wildman–Crippen LogP) is 1.73. The van der Waals surface area contributed by atoms with Gasteiger partial charge in [0.15, 0.2) is 0 Å². The fourth-order valence-electron chi connectivity index (χ4n) is 1.82. The van der Waals surface area contributed by atoms with E-state index in [0.29, 0.717) is 13.0 Å². The van der Waals surface area contributed by atoms with Crippen LogP contribution in [0.4, 0.5) is 0 Å². The second kappa shape index (κ2) is 11.0. The third-order valence-electron chi connectivity index (χ3n) is 2.94. The van der Waals surface area contributed by atoms with E-state index < -0.39 is 0 Å². The van der Waals surface area contributed by atoms with Crippen molar-refractivity contribution in [2.45, 2.75) is 19.4 Å². The molecule has 2 N–H and O–H groups in total. The molecule has 1 heterocycles. The van der Waals surface area contributed by atoms with Gasteiger partial charge in [-0.05, 0) is 37.7 Å². The van der Waals surface area contributed by atoms with Crippen LogP contribution < -0.4 is 10.6 Å². The van der Waals surface area contributed by atoms with Gasteiger partial charge in [-0.2, -0.15) is 5.10 Å². The standard InChI is InChI=1S/C14H19N5O.2ClH/c1-15-8-2-3-14(20)17-9-12-4-6-13(7-5-12)19-11-16-10-18-19;;/h4-7,10-11,15H,2-3,8-9H2,1H3,(H,17,20);2*1H. The van der Waals surface area contributed by atoms with Crippen molar-refractivity contribution in [1.82, 2.24) is 25.4 Å². The number of rotatable bonds is 7. The lowest BCUT2D eigenvalue weighted by molar-refractivity contribution is -0.121. The molecule has 0 atom stereocenters. The molecule has 6 nitrogen and oxygen atoms in total. The van der Waals surface area contributed by atoms with Crippen LogP contribution in [0.1, 0.15) is 18.4 Å². The molecule has 0 aliphatic heterocycles. The van der Waals surface area contributed by atoms with E-state index in [4.69, 9.17) is 0 Å². The molecule has 0 saturated carbocycles. The van der Waals surface area contributed by atoms with Crippen LogP contribution in [0, 0.1) is 0 Å². The third kappa shape index (κ3) is 6.43. The van der Waals surface area contributed by atoms with Crippen LogP contribution in [0.5, 0.6) is 0 Å². The van der Waals surface area contributed by atoms with E-state index in [1.807, 2.05) is 31.3 Å². The van der Waals surface area contributed by atoms with Crippen molar-refractivity contribution in [1.29, 1.82) is 0 Å². The summed E-state index contributed by atoms with van der Waals surface area (Å²) in [4.78, 5) is 15.5. The number of carbonyl (C=O) groups is 1. The number of nitrogens with one attached hydrogen (secondary N) is 2. The van der Waals surface area contributed by atoms with Crippen molar-refractivity contribution in [3.05, 3.63) is 42.5 Å². The highest BCUT2D eigenvalue weighted by Gasteiger charge is 2.01. The molecule has 1 amide bonds. The second-order valence-corrected chi connectivity index (χ2v) is 4.49. The van der Waals surface area contributed by atoms with E-state index in [1.165, 1.54) is 6.33 Å². The smallest absolute Gasteiger partial charge is 0.220 e. The molecular weight excluding hydrogens is 325 g/mol. The van der Waals surface area contributed by atoms with Gasteiger partial charge < -0.3 is 10.6 Å². The number of hydrogen-bond donors (Lipinski definition) is 2. The van der Waals surface area contributed by atoms with Gasteiger partial charge in [0.05, 0.1) is 5.69 Å². The molecule has 0 unspecified atom stereocenters. The minimum absolute atomic E-state index is 0. The molecule has 1 aromatic heterocycles. The van der Waals surface area contributed by atoms with Crippen LogP contribution in [0.25, 0.3) is 5.69 Å². The lowest BCUT2D eigenvalue weighted by Gasteiger charge is -2.06. The van der Waals surface area contributed by atoms with Gasteiger partial charge in [0, 0.05) is 13.0 Å². The Balaban J connectivity index is 0.00000220. The van der Waals surface area contributed by atoms with Gasteiger partial charge in [-0.1, -0.05) is 12.1 Å². The number of carbonyl (C=O) groups excluding carboxylic acids is 1. The summed E-state index contributed by atoms with van der Waals surface area (Å²) in [7, 11) is 1.88. The van der Waals surface area contributed by atoms with Crippen LogP contribution in [0.2, 0.25) is 0 Å². The van der Waals surface area contributed by atoms with E-state index >= 15 is 0 Å². The Kier molecular flexibility index (Phi) is 10.2. The summed E-state index contributed by atoms with van der Waals surface area (Å²) in [5, 5.41) is 10.00. The Morgan fingerprint density at radius 3 is 2.55 bits per heavy atom. The van der Waals surface area contributed by atoms with Crippen LogP contribution in [-0.4, -0.2) is 34.3 Å². The van der Waals surface area contributed by atoms with E-state index in [-0.39, 0.29) is 30.7 Å². The maximum Gasteiger partial charge on any atom is 0.220 e. The van der Waals surface area contributed by atoms with E-state index in [1.54, 1.807) is 11.0 Å². The minimum Gasteiger partial charge on any atom is -0.352 e. The third-order valence-corrected chi connectivity index (χ3v) is 2.94. The van der Waals surface area contributed by atoms with E-state index in [0.717, 1.165) is 24.2 Å². The highest BCUT2D eigenvalue weighted by atomic mass is 35.5. The van der Waals surface area contributed by atoms with Crippen LogP contribution in [0.3, 0.4) is 0 Å². The molecule has 0 radical (unpaired) electrons. The van der Waals surface area contributed by atoms with Gasteiger partial charge in [0.1, 0.15) is 12.7 Å². The minimum atomic E-state index is 0. The fourth-order valence-corrected chi connectivity index (χ4v) is 1.82. The van der Waals surface area contributed by atoms with Crippen molar-refractivity contribution in [2.75, 3.05) is 13.6 Å². The average Bonchev–Trinajstić information content (AvgIpc) is 3.00. The summed E-state index contributed by atoms with van der Waals surface area (Å²) in [5.41, 5.74) is 2.02. The number of aromatic nitrogens is 3. The number of benzene rings is 1. The fraction of sp³-hybridized carbons (Fsp3) is 0.357. The van der Waals surface area contributed by atoms with E-state index in [2.05, 4.69) is 20.7 Å². The summed E-state index contributed by atoms with van der Waals surface area (Å²) in [6, 6.07) is 7.87. The van der Waals surface area contributed by atoms with Crippen molar-refractivity contribution in [2.24, 2.45) is 0 Å². The van der Waals surface area contributed by atoms with Crippen LogP contribution >= 0.6 is 24.8 Å². The zero-order valence-electron chi connectivity index (χ0n) is 12.4. The van der Waals surface area contributed by atoms with Crippen LogP contribution in [-0.2, 0) is 11.3 Å². The molecule has 122 valence electrons. The molecule has 0 aliphatic rings. The monoisotopic (exact) mass is 345 g/mol. The summed E-state index contributed by atoms with van der Waals surface area (Å²) < 4.78 is 1.69. The maximum atomic E-state index is 11.6. The zero-order valence-corrected chi connectivity index (χ0v) is 14.0. The molecule has 0 saturated heterocycles. The highest BCUT2D eigenvalue weighted by molar-refractivity contribution is 5.85. The lowest BCUT2D eigenvalue weighted by Crippen LogP contribution is -2.23. The first-order valence-electron chi connectivity index (χ1n) is 6.65. The molecule has 1 aromatic carbocycles. The van der Waals surface area contributed by atoms with Gasteiger partial charge in [-0.15, -0.1) is 24.8 Å². The van der Waals surface area contributed by atoms with Crippen molar-refractivity contribution in [3.63, 3.8) is 0 Å². The molecule has 0 fully saturated rings.